The van der Waals surface area contributed by atoms with E-state index in [1.807, 2.05) is 19.1 Å². The number of nitrogens with two attached hydrogens (primary N) is 1. The Labute approximate surface area is 132 Å². The van der Waals surface area contributed by atoms with Gasteiger partial charge >= 0.3 is 0 Å². The molecule has 2 rings (SSSR count). The van der Waals surface area contributed by atoms with Gasteiger partial charge in [-0.05, 0) is 44.2 Å². The Balaban J connectivity index is 2.19. The summed E-state index contributed by atoms with van der Waals surface area (Å²) < 4.78 is 0. The predicted molar refractivity (Wildman–Crippen MR) is 90.5 cm³/mol. The molecule has 2 aromatic rings. The van der Waals surface area contributed by atoms with Crippen LogP contribution in [0.4, 0.5) is 0 Å². The van der Waals surface area contributed by atoms with Gasteiger partial charge in [-0.25, -0.2) is 0 Å². The summed E-state index contributed by atoms with van der Waals surface area (Å²) in [5, 5.41) is 0.753. The molecule has 0 aliphatic heterocycles. The first-order chi connectivity index (χ1) is 9.97. The summed E-state index contributed by atoms with van der Waals surface area (Å²) >= 11 is 5.98. The van der Waals surface area contributed by atoms with Crippen LogP contribution < -0.4 is 5.73 Å². The fraction of sp³-hybridized carbons (Fsp3) is 0.333. The lowest BCUT2D eigenvalue weighted by Gasteiger charge is -2.31. The molecule has 21 heavy (non-hydrogen) atoms. The third-order valence-electron chi connectivity index (χ3n) is 3.70. The van der Waals surface area contributed by atoms with Crippen molar-refractivity contribution in [3.8, 4) is 0 Å². The van der Waals surface area contributed by atoms with Crippen molar-refractivity contribution in [3.05, 3.63) is 70.2 Å². The molecule has 0 heterocycles. The van der Waals surface area contributed by atoms with Gasteiger partial charge in [0.15, 0.2) is 0 Å². The zero-order valence-electron chi connectivity index (χ0n) is 12.9. The summed E-state index contributed by atoms with van der Waals surface area (Å²) in [6, 6.07) is 16.8. The molecule has 0 aliphatic carbocycles. The summed E-state index contributed by atoms with van der Waals surface area (Å²) in [5.41, 5.74) is 10.0. The average molecular weight is 303 g/mol. The molecule has 2 nitrogen and oxygen atoms in total. The van der Waals surface area contributed by atoms with Gasteiger partial charge in [-0.1, -0.05) is 53.6 Å². The van der Waals surface area contributed by atoms with Gasteiger partial charge in [0.25, 0.3) is 0 Å². The topological polar surface area (TPSA) is 29.3 Å². The number of halogens is 1. The van der Waals surface area contributed by atoms with E-state index in [1.54, 1.807) is 0 Å². The molecule has 0 aromatic heterocycles. The average Bonchev–Trinajstić information content (AvgIpc) is 2.41. The third-order valence-corrected chi connectivity index (χ3v) is 3.95. The zero-order valence-corrected chi connectivity index (χ0v) is 13.6. The number of likely N-dealkylation sites (N-methyl/N-ethyl adjacent to an activating group) is 1. The largest absolute Gasteiger partial charge is 0.326 e. The molecule has 0 spiro atoms. The summed E-state index contributed by atoms with van der Waals surface area (Å²) in [4.78, 5) is 2.29. The van der Waals surface area contributed by atoms with Crippen LogP contribution in [0.1, 0.15) is 29.7 Å². The highest BCUT2D eigenvalue weighted by Gasteiger charge is 2.21. The second kappa shape index (κ2) is 7.08. The predicted octanol–water partition coefficient (Wildman–Crippen LogP) is 4.17. The lowest BCUT2D eigenvalue weighted by molar-refractivity contribution is 0.211. The van der Waals surface area contributed by atoms with E-state index < -0.39 is 0 Å². The minimum absolute atomic E-state index is 0.0426. The van der Waals surface area contributed by atoms with E-state index in [1.165, 1.54) is 16.7 Å². The van der Waals surface area contributed by atoms with Crippen LogP contribution in [0.3, 0.4) is 0 Å². The van der Waals surface area contributed by atoms with Crippen LogP contribution in [0.5, 0.6) is 0 Å². The van der Waals surface area contributed by atoms with Crippen LogP contribution in [0.2, 0.25) is 5.02 Å². The molecule has 2 N–H and O–H groups in total. The van der Waals surface area contributed by atoms with Gasteiger partial charge in [0.2, 0.25) is 0 Å². The quantitative estimate of drug-likeness (QED) is 0.898. The Bertz CT molecular complexity index is 578. The highest BCUT2D eigenvalue weighted by Crippen LogP contribution is 2.25. The molecular formula is C18H23ClN2. The van der Waals surface area contributed by atoms with E-state index >= 15 is 0 Å². The number of rotatable bonds is 5. The summed E-state index contributed by atoms with van der Waals surface area (Å²) in [5.74, 6) is 0. The molecule has 0 radical (unpaired) electrons. The molecule has 0 aliphatic rings. The van der Waals surface area contributed by atoms with Crippen LogP contribution in [-0.4, -0.2) is 18.0 Å². The standard InChI is InChI=1S/C18H23ClN2/c1-13-5-4-6-15(11-13)12-21(3)18(14(2)20)16-7-9-17(19)10-8-16/h4-11,14,18H,12,20H2,1-3H3. The van der Waals surface area contributed by atoms with Crippen molar-refractivity contribution >= 4 is 11.6 Å². The van der Waals surface area contributed by atoms with Gasteiger partial charge in [0.1, 0.15) is 0 Å². The lowest BCUT2D eigenvalue weighted by Crippen LogP contribution is -2.36. The van der Waals surface area contributed by atoms with Gasteiger partial charge in [0, 0.05) is 23.7 Å². The maximum absolute atomic E-state index is 6.22. The van der Waals surface area contributed by atoms with E-state index in [4.69, 9.17) is 17.3 Å². The monoisotopic (exact) mass is 302 g/mol. The number of hydrogen-bond donors (Lipinski definition) is 1. The highest BCUT2D eigenvalue weighted by molar-refractivity contribution is 6.30. The SMILES string of the molecule is Cc1cccc(CN(C)C(c2ccc(Cl)cc2)C(C)N)c1. The number of nitrogens with zero attached hydrogens (tertiary/aromatic N) is 1. The van der Waals surface area contributed by atoms with E-state index in [-0.39, 0.29) is 12.1 Å². The molecule has 0 saturated heterocycles. The Hall–Kier alpha value is -1.35. The van der Waals surface area contributed by atoms with Gasteiger partial charge in [-0.15, -0.1) is 0 Å². The van der Waals surface area contributed by atoms with E-state index in [9.17, 15) is 0 Å². The fourth-order valence-corrected chi connectivity index (χ4v) is 2.94. The minimum atomic E-state index is 0.0426. The maximum atomic E-state index is 6.22. The number of benzene rings is 2. The molecule has 2 unspecified atom stereocenters. The molecule has 0 saturated carbocycles. The van der Waals surface area contributed by atoms with Crippen molar-refractivity contribution in [1.29, 1.82) is 0 Å². The Morgan fingerprint density at radius 2 is 1.81 bits per heavy atom. The van der Waals surface area contributed by atoms with Crippen molar-refractivity contribution in [2.24, 2.45) is 5.73 Å². The fourth-order valence-electron chi connectivity index (χ4n) is 2.82. The molecule has 0 amide bonds. The minimum Gasteiger partial charge on any atom is -0.326 e. The lowest BCUT2D eigenvalue weighted by atomic mass is 9.99. The normalized spacial score (nSPS) is 14.2. The van der Waals surface area contributed by atoms with Crippen LogP contribution in [0, 0.1) is 6.92 Å². The summed E-state index contributed by atoms with van der Waals surface area (Å²) in [6.45, 7) is 5.04. The molecule has 0 bridgehead atoms. The van der Waals surface area contributed by atoms with Crippen molar-refractivity contribution in [2.45, 2.75) is 32.5 Å². The van der Waals surface area contributed by atoms with Gasteiger partial charge in [-0.3, -0.25) is 4.90 Å². The van der Waals surface area contributed by atoms with Crippen molar-refractivity contribution in [3.63, 3.8) is 0 Å². The molecule has 112 valence electrons. The van der Waals surface area contributed by atoms with Gasteiger partial charge in [0.05, 0.1) is 0 Å². The Kier molecular flexibility index (Phi) is 5.40. The van der Waals surface area contributed by atoms with Crippen molar-refractivity contribution < 1.29 is 0 Å². The maximum Gasteiger partial charge on any atom is 0.0496 e. The molecule has 0 fully saturated rings. The van der Waals surface area contributed by atoms with E-state index in [0.29, 0.717) is 0 Å². The first-order valence-corrected chi connectivity index (χ1v) is 7.62. The molecule has 3 heteroatoms. The van der Waals surface area contributed by atoms with Gasteiger partial charge in [-0.2, -0.15) is 0 Å². The summed E-state index contributed by atoms with van der Waals surface area (Å²) in [6.07, 6.45) is 0. The van der Waals surface area contributed by atoms with E-state index in [2.05, 4.69) is 55.3 Å². The van der Waals surface area contributed by atoms with Crippen LogP contribution >= 0.6 is 11.6 Å². The zero-order chi connectivity index (χ0) is 15.4. The van der Waals surface area contributed by atoms with E-state index in [0.717, 1.165) is 11.6 Å². The Morgan fingerprint density at radius 1 is 1.14 bits per heavy atom. The van der Waals surface area contributed by atoms with Crippen LogP contribution in [0.25, 0.3) is 0 Å². The highest BCUT2D eigenvalue weighted by atomic mass is 35.5. The molecule has 2 atom stereocenters. The summed E-state index contributed by atoms with van der Waals surface area (Å²) in [7, 11) is 2.12. The van der Waals surface area contributed by atoms with Crippen LogP contribution in [-0.2, 0) is 6.54 Å². The second-order valence-electron chi connectivity index (χ2n) is 5.76. The number of aryl methyl sites for hydroxylation is 1. The third kappa shape index (κ3) is 4.31. The molecular weight excluding hydrogens is 280 g/mol. The van der Waals surface area contributed by atoms with Crippen molar-refractivity contribution in [1.82, 2.24) is 4.90 Å². The first-order valence-electron chi connectivity index (χ1n) is 7.24. The number of hydrogen-bond acceptors (Lipinski definition) is 2. The first kappa shape index (κ1) is 16.0. The van der Waals surface area contributed by atoms with Crippen molar-refractivity contribution in [2.75, 3.05) is 7.05 Å². The smallest absolute Gasteiger partial charge is 0.0496 e. The Morgan fingerprint density at radius 3 is 2.38 bits per heavy atom. The molecule has 2 aromatic carbocycles. The van der Waals surface area contributed by atoms with Gasteiger partial charge < -0.3 is 5.73 Å². The van der Waals surface area contributed by atoms with Crippen LogP contribution in [0.15, 0.2) is 48.5 Å². The second-order valence-corrected chi connectivity index (χ2v) is 6.20.